The van der Waals surface area contributed by atoms with E-state index in [0.29, 0.717) is 22.8 Å². The van der Waals surface area contributed by atoms with Crippen LogP contribution in [0, 0.1) is 5.41 Å². The Morgan fingerprint density at radius 1 is 1.41 bits per heavy atom. The van der Waals surface area contributed by atoms with Gasteiger partial charge in [-0.1, -0.05) is 11.6 Å². The molecule has 1 saturated carbocycles. The number of hydrogen-bond acceptors (Lipinski definition) is 4. The first-order valence-corrected chi connectivity index (χ1v) is 7.55. The molecule has 1 fully saturated rings. The van der Waals surface area contributed by atoms with Gasteiger partial charge >= 0.3 is 0 Å². The van der Waals surface area contributed by atoms with Crippen LogP contribution in [0.1, 0.15) is 12.8 Å². The number of aliphatic hydroxyl groups excluding tert-OH is 1. The number of benzene rings is 1. The van der Waals surface area contributed by atoms with Gasteiger partial charge in [-0.2, -0.15) is 0 Å². The molecule has 1 aliphatic rings. The molecule has 0 spiro atoms. The van der Waals surface area contributed by atoms with Crippen molar-refractivity contribution in [2.45, 2.75) is 12.8 Å². The molecule has 6 heteroatoms. The normalized spacial score (nSPS) is 15.5. The molecule has 5 nitrogen and oxygen atoms in total. The lowest BCUT2D eigenvalue weighted by Gasteiger charge is -2.13. The van der Waals surface area contributed by atoms with Crippen molar-refractivity contribution in [3.05, 3.63) is 35.5 Å². The predicted octanol–water partition coefficient (Wildman–Crippen LogP) is 2.16. The van der Waals surface area contributed by atoms with Crippen LogP contribution in [0.25, 0.3) is 10.9 Å². The average molecular weight is 321 g/mol. The van der Waals surface area contributed by atoms with Crippen LogP contribution in [0.2, 0.25) is 5.02 Å². The molecule has 2 N–H and O–H groups in total. The molecule has 0 atom stereocenters. The number of carbonyl (C=O) groups excluding carboxylic acids is 1. The molecule has 0 radical (unpaired) electrons. The molecular weight excluding hydrogens is 304 g/mol. The quantitative estimate of drug-likeness (QED) is 0.855. The van der Waals surface area contributed by atoms with E-state index >= 15 is 0 Å². The van der Waals surface area contributed by atoms with Crippen LogP contribution in [0.4, 0.5) is 0 Å². The lowest BCUT2D eigenvalue weighted by molar-refractivity contribution is -0.123. The molecule has 1 aliphatic carbocycles. The monoisotopic (exact) mass is 320 g/mol. The summed E-state index contributed by atoms with van der Waals surface area (Å²) in [4.78, 5) is 16.1. The van der Waals surface area contributed by atoms with E-state index in [2.05, 4.69) is 10.3 Å². The molecule has 0 bridgehead atoms. The summed E-state index contributed by atoms with van der Waals surface area (Å²) < 4.78 is 5.56. The first-order chi connectivity index (χ1) is 10.6. The lowest BCUT2D eigenvalue weighted by Crippen LogP contribution is -2.35. The molecule has 116 valence electrons. The van der Waals surface area contributed by atoms with E-state index in [0.717, 1.165) is 18.2 Å². The van der Waals surface area contributed by atoms with Crippen LogP contribution < -0.4 is 10.1 Å². The Balaban J connectivity index is 1.62. The number of pyridine rings is 1. The Kier molecular flexibility index (Phi) is 4.18. The number of carbonyl (C=O) groups is 1. The highest BCUT2D eigenvalue weighted by Crippen LogP contribution is 2.44. The summed E-state index contributed by atoms with van der Waals surface area (Å²) in [5, 5.41) is 13.4. The van der Waals surface area contributed by atoms with Crippen molar-refractivity contribution in [3.63, 3.8) is 0 Å². The number of rotatable bonds is 6. The van der Waals surface area contributed by atoms with Crippen molar-refractivity contribution in [2.75, 3.05) is 19.8 Å². The van der Waals surface area contributed by atoms with Gasteiger partial charge in [0.2, 0.25) is 0 Å². The van der Waals surface area contributed by atoms with E-state index in [9.17, 15) is 9.90 Å². The van der Waals surface area contributed by atoms with Crippen molar-refractivity contribution in [3.8, 4) is 5.75 Å². The predicted molar refractivity (Wildman–Crippen MR) is 84.0 cm³/mol. The van der Waals surface area contributed by atoms with Crippen molar-refractivity contribution < 1.29 is 14.6 Å². The minimum atomic E-state index is -0.209. The Hall–Kier alpha value is -1.85. The van der Waals surface area contributed by atoms with Gasteiger partial charge in [0, 0.05) is 23.5 Å². The second-order valence-electron chi connectivity index (χ2n) is 5.67. The van der Waals surface area contributed by atoms with Gasteiger partial charge in [0.25, 0.3) is 5.91 Å². The highest BCUT2D eigenvalue weighted by atomic mass is 35.5. The van der Waals surface area contributed by atoms with Crippen molar-refractivity contribution in [1.29, 1.82) is 0 Å². The maximum absolute atomic E-state index is 11.8. The van der Waals surface area contributed by atoms with Crippen LogP contribution in [0.15, 0.2) is 30.5 Å². The van der Waals surface area contributed by atoms with Crippen molar-refractivity contribution >= 4 is 28.4 Å². The minimum absolute atomic E-state index is 0.0885. The minimum Gasteiger partial charge on any atom is -0.481 e. The van der Waals surface area contributed by atoms with E-state index < -0.39 is 0 Å². The van der Waals surface area contributed by atoms with Crippen LogP contribution in [0.5, 0.6) is 5.75 Å². The number of hydrogen-bond donors (Lipinski definition) is 2. The highest BCUT2D eigenvalue weighted by molar-refractivity contribution is 6.35. The van der Waals surface area contributed by atoms with Gasteiger partial charge < -0.3 is 15.2 Å². The topological polar surface area (TPSA) is 71.5 Å². The molecule has 0 aliphatic heterocycles. The zero-order chi connectivity index (χ0) is 15.6. The summed E-state index contributed by atoms with van der Waals surface area (Å²) in [5.74, 6) is 0.317. The van der Waals surface area contributed by atoms with Crippen molar-refractivity contribution in [1.82, 2.24) is 10.3 Å². The lowest BCUT2D eigenvalue weighted by atomic mass is 10.1. The third kappa shape index (κ3) is 3.15. The van der Waals surface area contributed by atoms with Crippen LogP contribution in [-0.4, -0.2) is 35.8 Å². The molecule has 1 heterocycles. The molecule has 1 aromatic heterocycles. The second kappa shape index (κ2) is 6.10. The Labute approximate surface area is 133 Å². The third-order valence-electron chi connectivity index (χ3n) is 3.99. The van der Waals surface area contributed by atoms with Crippen LogP contribution in [0.3, 0.4) is 0 Å². The van der Waals surface area contributed by atoms with E-state index in [1.807, 2.05) is 6.07 Å². The smallest absolute Gasteiger partial charge is 0.257 e. The standard InChI is InChI=1S/C16H17ClN2O3/c17-12-3-4-13(15-11(12)2-1-7-18-15)22-8-14(21)19-9-16(10-20)5-6-16/h1-4,7,20H,5-6,8-10H2,(H,19,21). The molecule has 2 aromatic rings. The summed E-state index contributed by atoms with van der Waals surface area (Å²) in [5.41, 5.74) is 0.529. The first kappa shape index (κ1) is 15.1. The zero-order valence-corrected chi connectivity index (χ0v) is 12.8. The van der Waals surface area contributed by atoms with E-state index in [1.165, 1.54) is 0 Å². The van der Waals surface area contributed by atoms with Gasteiger partial charge in [0.05, 0.1) is 11.6 Å². The largest absolute Gasteiger partial charge is 0.481 e. The molecule has 1 amide bonds. The van der Waals surface area contributed by atoms with Gasteiger partial charge in [0.15, 0.2) is 6.61 Å². The van der Waals surface area contributed by atoms with Crippen LogP contribution >= 0.6 is 11.6 Å². The maximum atomic E-state index is 11.8. The van der Waals surface area contributed by atoms with E-state index in [4.69, 9.17) is 16.3 Å². The van der Waals surface area contributed by atoms with Crippen molar-refractivity contribution in [2.24, 2.45) is 5.41 Å². The number of aromatic nitrogens is 1. The van der Waals surface area contributed by atoms with E-state index in [1.54, 1.807) is 24.4 Å². The number of halogens is 1. The molecular formula is C16H17ClN2O3. The third-order valence-corrected chi connectivity index (χ3v) is 4.32. The molecule has 22 heavy (non-hydrogen) atoms. The summed E-state index contributed by atoms with van der Waals surface area (Å²) in [6, 6.07) is 7.09. The number of ether oxygens (including phenoxy) is 1. The fourth-order valence-electron chi connectivity index (χ4n) is 2.28. The highest BCUT2D eigenvalue weighted by Gasteiger charge is 2.42. The summed E-state index contributed by atoms with van der Waals surface area (Å²) in [6.07, 6.45) is 3.57. The maximum Gasteiger partial charge on any atom is 0.257 e. The van der Waals surface area contributed by atoms with Gasteiger partial charge in [-0.05, 0) is 37.1 Å². The van der Waals surface area contributed by atoms with E-state index in [-0.39, 0.29) is 24.5 Å². The number of aliphatic hydroxyl groups is 1. The summed E-state index contributed by atoms with van der Waals surface area (Å²) in [7, 11) is 0. The number of nitrogens with one attached hydrogen (secondary N) is 1. The van der Waals surface area contributed by atoms with Crippen LogP contribution in [-0.2, 0) is 4.79 Å². The molecule has 3 rings (SSSR count). The Morgan fingerprint density at radius 2 is 2.23 bits per heavy atom. The molecule has 0 unspecified atom stereocenters. The van der Waals surface area contributed by atoms with Gasteiger partial charge in [-0.15, -0.1) is 0 Å². The summed E-state index contributed by atoms with van der Waals surface area (Å²) in [6.45, 7) is 0.514. The number of amides is 1. The Morgan fingerprint density at radius 3 is 2.95 bits per heavy atom. The van der Waals surface area contributed by atoms with Gasteiger partial charge in [0.1, 0.15) is 11.3 Å². The second-order valence-corrected chi connectivity index (χ2v) is 6.08. The average Bonchev–Trinajstić information content (AvgIpc) is 3.33. The SMILES string of the molecule is O=C(COc1ccc(Cl)c2cccnc12)NCC1(CO)CC1. The fourth-order valence-corrected chi connectivity index (χ4v) is 2.49. The first-order valence-electron chi connectivity index (χ1n) is 7.17. The Bertz CT molecular complexity index is 701. The number of nitrogens with zero attached hydrogens (tertiary/aromatic N) is 1. The fraction of sp³-hybridized carbons (Fsp3) is 0.375. The number of fused-ring (bicyclic) bond motifs is 1. The zero-order valence-electron chi connectivity index (χ0n) is 12.0. The van der Waals surface area contributed by atoms with Gasteiger partial charge in [-0.3, -0.25) is 9.78 Å². The summed E-state index contributed by atoms with van der Waals surface area (Å²) >= 11 is 6.12. The molecule has 1 aromatic carbocycles. The van der Waals surface area contributed by atoms with Gasteiger partial charge in [-0.25, -0.2) is 0 Å². The molecule has 0 saturated heterocycles.